The van der Waals surface area contributed by atoms with Crippen molar-refractivity contribution in [1.29, 1.82) is 5.26 Å². The van der Waals surface area contributed by atoms with Gasteiger partial charge in [0, 0.05) is 31.4 Å². The van der Waals surface area contributed by atoms with E-state index in [4.69, 9.17) is 14.7 Å². The Kier molecular flexibility index (Phi) is 7.17. The first kappa shape index (κ1) is 20.5. The average Bonchev–Trinajstić information content (AvgIpc) is 2.70. The first-order chi connectivity index (χ1) is 13.4. The smallest absolute Gasteiger partial charge is 0.253 e. The summed E-state index contributed by atoms with van der Waals surface area (Å²) >= 11 is 0. The first-order valence-electron chi connectivity index (χ1n) is 8.43. The summed E-state index contributed by atoms with van der Waals surface area (Å²) in [5.74, 6) is 0.515. The number of amides is 2. The van der Waals surface area contributed by atoms with Crippen LogP contribution in [0.5, 0.6) is 11.5 Å². The molecule has 2 aromatic carbocycles. The van der Waals surface area contributed by atoms with Crippen LogP contribution in [0.3, 0.4) is 0 Å². The zero-order valence-electron chi connectivity index (χ0n) is 15.9. The number of nitrogens with zero attached hydrogens (tertiary/aromatic N) is 2. The van der Waals surface area contributed by atoms with E-state index in [1.165, 1.54) is 18.1 Å². The van der Waals surface area contributed by atoms with Gasteiger partial charge in [0.05, 0.1) is 7.11 Å². The van der Waals surface area contributed by atoms with Gasteiger partial charge in [0.15, 0.2) is 18.1 Å². The fourth-order valence-corrected chi connectivity index (χ4v) is 2.33. The Balaban J connectivity index is 2.01. The maximum atomic E-state index is 12.1. The number of nitrogens with one attached hydrogen (secondary N) is 1. The van der Waals surface area contributed by atoms with Crippen LogP contribution >= 0.6 is 0 Å². The lowest BCUT2D eigenvalue weighted by Gasteiger charge is -2.10. The Hall–Kier alpha value is -3.79. The second-order valence-electron chi connectivity index (χ2n) is 5.96. The summed E-state index contributed by atoms with van der Waals surface area (Å²) in [4.78, 5) is 25.5. The molecule has 144 valence electrons. The third-order valence-corrected chi connectivity index (χ3v) is 3.71. The molecular weight excluding hydrogens is 358 g/mol. The van der Waals surface area contributed by atoms with Crippen molar-refractivity contribution in [3.05, 3.63) is 59.7 Å². The Morgan fingerprint density at radius 3 is 2.46 bits per heavy atom. The molecule has 7 heteroatoms. The predicted octanol–water partition coefficient (Wildman–Crippen LogP) is 2.95. The third-order valence-electron chi connectivity index (χ3n) is 3.71. The van der Waals surface area contributed by atoms with Gasteiger partial charge in [-0.15, -0.1) is 0 Å². The van der Waals surface area contributed by atoms with Crippen molar-refractivity contribution >= 4 is 23.6 Å². The van der Waals surface area contributed by atoms with E-state index in [0.29, 0.717) is 22.7 Å². The van der Waals surface area contributed by atoms with Crippen LogP contribution in [0, 0.1) is 11.3 Å². The monoisotopic (exact) mass is 379 g/mol. The van der Waals surface area contributed by atoms with Crippen LogP contribution in [0.1, 0.15) is 15.9 Å². The number of carbonyl (C=O) groups excluding carboxylic acids is 2. The SMILES string of the molecule is COc1cc(/C=C/C(=O)Nc2ccc(C(=O)N(C)C)cc2)ccc1OCC#N. The highest BCUT2D eigenvalue weighted by atomic mass is 16.5. The highest BCUT2D eigenvalue weighted by Gasteiger charge is 2.08. The van der Waals surface area contributed by atoms with Gasteiger partial charge in [-0.2, -0.15) is 5.26 Å². The van der Waals surface area contributed by atoms with E-state index < -0.39 is 0 Å². The summed E-state index contributed by atoms with van der Waals surface area (Å²) < 4.78 is 10.5. The predicted molar refractivity (Wildman–Crippen MR) is 106 cm³/mol. The van der Waals surface area contributed by atoms with Crippen molar-refractivity contribution < 1.29 is 19.1 Å². The highest BCUT2D eigenvalue weighted by molar-refractivity contribution is 6.02. The van der Waals surface area contributed by atoms with Crippen LogP contribution in [-0.4, -0.2) is 44.5 Å². The van der Waals surface area contributed by atoms with Crippen LogP contribution in [-0.2, 0) is 4.79 Å². The maximum Gasteiger partial charge on any atom is 0.253 e. The minimum absolute atomic E-state index is 0.0765. The molecule has 0 aliphatic rings. The van der Waals surface area contributed by atoms with E-state index in [1.807, 2.05) is 6.07 Å². The zero-order valence-corrected chi connectivity index (χ0v) is 15.9. The summed E-state index contributed by atoms with van der Waals surface area (Å²) in [5.41, 5.74) is 1.87. The number of rotatable bonds is 7. The number of nitriles is 1. The molecule has 0 fully saturated rings. The maximum absolute atomic E-state index is 12.1. The Labute approximate surface area is 163 Å². The summed E-state index contributed by atoms with van der Waals surface area (Å²) in [5, 5.41) is 11.3. The quantitative estimate of drug-likeness (QED) is 0.747. The van der Waals surface area contributed by atoms with Crippen molar-refractivity contribution in [2.24, 2.45) is 0 Å². The third kappa shape index (κ3) is 5.61. The van der Waals surface area contributed by atoms with Crippen LogP contribution in [0.25, 0.3) is 6.08 Å². The molecule has 2 rings (SSSR count). The van der Waals surface area contributed by atoms with Gasteiger partial charge in [0.2, 0.25) is 5.91 Å². The lowest BCUT2D eigenvalue weighted by Crippen LogP contribution is -2.21. The van der Waals surface area contributed by atoms with Gasteiger partial charge in [0.25, 0.3) is 5.91 Å². The van der Waals surface area contributed by atoms with Gasteiger partial charge in [-0.25, -0.2) is 0 Å². The summed E-state index contributed by atoms with van der Waals surface area (Å²) in [6.45, 7) is -0.0765. The van der Waals surface area contributed by atoms with Crippen molar-refractivity contribution in [3.8, 4) is 17.6 Å². The van der Waals surface area contributed by atoms with Crippen molar-refractivity contribution in [2.75, 3.05) is 33.1 Å². The molecule has 0 heterocycles. The van der Waals surface area contributed by atoms with Gasteiger partial charge in [-0.3, -0.25) is 9.59 Å². The van der Waals surface area contributed by atoms with E-state index in [-0.39, 0.29) is 18.4 Å². The van der Waals surface area contributed by atoms with Crippen LogP contribution < -0.4 is 14.8 Å². The molecule has 28 heavy (non-hydrogen) atoms. The topological polar surface area (TPSA) is 91.7 Å². The lowest BCUT2D eigenvalue weighted by atomic mass is 10.1. The number of methoxy groups -OCH3 is 1. The largest absolute Gasteiger partial charge is 0.493 e. The average molecular weight is 379 g/mol. The molecule has 2 aromatic rings. The zero-order chi connectivity index (χ0) is 20.5. The fraction of sp³-hybridized carbons (Fsp3) is 0.190. The van der Waals surface area contributed by atoms with Crippen LogP contribution in [0.2, 0.25) is 0 Å². The Morgan fingerprint density at radius 2 is 1.86 bits per heavy atom. The summed E-state index contributed by atoms with van der Waals surface area (Å²) in [6.07, 6.45) is 3.03. The molecule has 0 unspecified atom stereocenters. The Morgan fingerprint density at radius 1 is 1.14 bits per heavy atom. The van der Waals surface area contributed by atoms with E-state index in [2.05, 4.69) is 5.32 Å². The number of hydrogen-bond acceptors (Lipinski definition) is 5. The molecule has 0 aromatic heterocycles. The van der Waals surface area contributed by atoms with Crippen molar-refractivity contribution in [1.82, 2.24) is 4.90 Å². The molecule has 0 saturated carbocycles. The van der Waals surface area contributed by atoms with Gasteiger partial charge in [-0.1, -0.05) is 6.07 Å². The minimum atomic E-state index is -0.310. The van der Waals surface area contributed by atoms with Gasteiger partial charge in [-0.05, 0) is 48.0 Å². The standard InChI is InChI=1S/C21H21N3O4/c1-24(2)21(26)16-6-8-17(9-7-16)23-20(25)11-5-15-4-10-18(28-13-12-22)19(14-15)27-3/h4-11,14H,13H2,1-3H3,(H,23,25)/b11-5+. The van der Waals surface area contributed by atoms with E-state index >= 15 is 0 Å². The molecule has 1 N–H and O–H groups in total. The molecule has 0 atom stereocenters. The van der Waals surface area contributed by atoms with E-state index in [1.54, 1.807) is 62.6 Å². The lowest BCUT2D eigenvalue weighted by molar-refractivity contribution is -0.111. The molecule has 0 radical (unpaired) electrons. The van der Waals surface area contributed by atoms with E-state index in [9.17, 15) is 9.59 Å². The highest BCUT2D eigenvalue weighted by Crippen LogP contribution is 2.28. The van der Waals surface area contributed by atoms with Crippen molar-refractivity contribution in [2.45, 2.75) is 0 Å². The molecule has 7 nitrogen and oxygen atoms in total. The first-order valence-corrected chi connectivity index (χ1v) is 8.43. The summed E-state index contributed by atoms with van der Waals surface area (Å²) in [6, 6.07) is 13.7. The second-order valence-corrected chi connectivity index (χ2v) is 5.96. The number of hydrogen-bond donors (Lipinski definition) is 1. The molecule has 2 amide bonds. The van der Waals surface area contributed by atoms with E-state index in [0.717, 1.165) is 5.56 Å². The summed E-state index contributed by atoms with van der Waals surface area (Å²) in [7, 11) is 4.86. The fourth-order valence-electron chi connectivity index (χ4n) is 2.33. The normalized spacial score (nSPS) is 10.2. The molecule has 0 aliphatic carbocycles. The van der Waals surface area contributed by atoms with Gasteiger partial charge in [0.1, 0.15) is 6.07 Å². The Bertz CT molecular complexity index is 912. The molecule has 0 saturated heterocycles. The molecule has 0 bridgehead atoms. The number of benzene rings is 2. The van der Waals surface area contributed by atoms with Crippen LogP contribution in [0.15, 0.2) is 48.5 Å². The molecule has 0 aliphatic heterocycles. The van der Waals surface area contributed by atoms with Gasteiger partial charge >= 0.3 is 0 Å². The number of carbonyl (C=O) groups is 2. The second kappa shape index (κ2) is 9.78. The molecule has 0 spiro atoms. The number of anilines is 1. The minimum Gasteiger partial charge on any atom is -0.493 e. The van der Waals surface area contributed by atoms with Crippen LogP contribution in [0.4, 0.5) is 5.69 Å². The molecular formula is C21H21N3O4. The van der Waals surface area contributed by atoms with Crippen molar-refractivity contribution in [3.63, 3.8) is 0 Å². The number of ether oxygens (including phenoxy) is 2. The van der Waals surface area contributed by atoms with Gasteiger partial charge < -0.3 is 19.7 Å².